The van der Waals surface area contributed by atoms with Crippen molar-refractivity contribution in [2.45, 2.75) is 26.7 Å². The summed E-state index contributed by atoms with van der Waals surface area (Å²) in [5.74, 6) is 1.98. The summed E-state index contributed by atoms with van der Waals surface area (Å²) in [6.07, 6.45) is 1.95. The van der Waals surface area contributed by atoms with Gasteiger partial charge in [-0.1, -0.05) is 6.92 Å². The molecule has 10 heteroatoms. The molecule has 1 aliphatic rings. The minimum atomic E-state index is 0. The second-order valence-electron chi connectivity index (χ2n) is 6.71. The number of methoxy groups -OCH3 is 1. The number of rotatable bonds is 10. The van der Waals surface area contributed by atoms with Gasteiger partial charge in [0, 0.05) is 70.9 Å². The van der Waals surface area contributed by atoms with E-state index in [9.17, 15) is 0 Å². The number of likely N-dealkylation sites (N-methyl/N-ethyl adjacent to an activating group) is 1. The van der Waals surface area contributed by atoms with Crippen molar-refractivity contribution in [2.24, 2.45) is 4.99 Å². The molecule has 162 valence electrons. The normalized spacial score (nSPS) is 15.1. The number of aliphatic imine (C=N–C) groups is 1. The Morgan fingerprint density at radius 1 is 1.25 bits per heavy atom. The first kappa shape index (κ1) is 25.3. The van der Waals surface area contributed by atoms with Gasteiger partial charge in [0.2, 0.25) is 5.13 Å². The second kappa shape index (κ2) is 14.3. The summed E-state index contributed by atoms with van der Waals surface area (Å²) in [6, 6.07) is 0. The quantitative estimate of drug-likeness (QED) is 0.216. The third kappa shape index (κ3) is 8.34. The van der Waals surface area contributed by atoms with Gasteiger partial charge in [0.25, 0.3) is 0 Å². The van der Waals surface area contributed by atoms with E-state index in [1.54, 1.807) is 7.11 Å². The number of hydrogen-bond donors (Lipinski definition) is 1. The van der Waals surface area contributed by atoms with Gasteiger partial charge in [-0.2, -0.15) is 4.37 Å². The van der Waals surface area contributed by atoms with E-state index in [4.69, 9.17) is 9.73 Å². The second-order valence-corrected chi connectivity index (χ2v) is 7.44. The number of aromatic nitrogens is 2. The van der Waals surface area contributed by atoms with Crippen LogP contribution in [0.25, 0.3) is 0 Å². The van der Waals surface area contributed by atoms with Crippen molar-refractivity contribution >= 4 is 46.6 Å². The summed E-state index contributed by atoms with van der Waals surface area (Å²) >= 11 is 1.51. The molecule has 1 N–H and O–H groups in total. The fourth-order valence-corrected chi connectivity index (χ4v) is 3.74. The van der Waals surface area contributed by atoms with Crippen LogP contribution in [-0.4, -0.2) is 98.2 Å². The highest BCUT2D eigenvalue weighted by Gasteiger charge is 2.21. The molecular formula is C18H36IN7OS. The lowest BCUT2D eigenvalue weighted by Gasteiger charge is -2.36. The van der Waals surface area contributed by atoms with Gasteiger partial charge < -0.3 is 24.8 Å². The number of piperazine rings is 1. The molecule has 0 saturated carbocycles. The molecule has 8 nitrogen and oxygen atoms in total. The third-order valence-corrected chi connectivity index (χ3v) is 5.41. The minimum absolute atomic E-state index is 0. The number of guanidine groups is 1. The van der Waals surface area contributed by atoms with E-state index >= 15 is 0 Å². The van der Waals surface area contributed by atoms with Crippen molar-refractivity contribution < 1.29 is 4.74 Å². The van der Waals surface area contributed by atoms with Crippen LogP contribution in [0.15, 0.2) is 4.99 Å². The summed E-state index contributed by atoms with van der Waals surface area (Å²) in [5, 5.41) is 4.49. The Labute approximate surface area is 190 Å². The van der Waals surface area contributed by atoms with E-state index in [1.807, 2.05) is 0 Å². The Morgan fingerprint density at radius 2 is 2.00 bits per heavy atom. The number of anilines is 1. The summed E-state index contributed by atoms with van der Waals surface area (Å²) in [5.41, 5.74) is 0. The molecule has 1 aliphatic heterocycles. The number of halogens is 1. The SMILES string of the molecule is CCNC(=NCCCN(C)CCOC)N1CCN(c2nc(CC)ns2)CC1.I. The molecule has 28 heavy (non-hydrogen) atoms. The smallest absolute Gasteiger partial charge is 0.205 e. The lowest BCUT2D eigenvalue weighted by molar-refractivity contribution is 0.161. The Kier molecular flexibility index (Phi) is 12.9. The molecule has 1 aromatic rings. The lowest BCUT2D eigenvalue weighted by Crippen LogP contribution is -2.52. The lowest BCUT2D eigenvalue weighted by atomic mass is 10.3. The van der Waals surface area contributed by atoms with E-state index in [-0.39, 0.29) is 24.0 Å². The van der Waals surface area contributed by atoms with Crippen molar-refractivity contribution in [1.82, 2.24) is 24.5 Å². The Hall–Kier alpha value is -0.720. The zero-order valence-corrected chi connectivity index (χ0v) is 20.8. The third-order valence-electron chi connectivity index (χ3n) is 4.59. The van der Waals surface area contributed by atoms with E-state index < -0.39 is 0 Å². The maximum absolute atomic E-state index is 5.12. The molecule has 1 saturated heterocycles. The number of nitrogens with one attached hydrogen (secondary N) is 1. The molecule has 0 unspecified atom stereocenters. The molecule has 0 radical (unpaired) electrons. The number of hydrogen-bond acceptors (Lipinski definition) is 7. The average Bonchev–Trinajstić information content (AvgIpc) is 3.18. The number of ether oxygens (including phenoxy) is 1. The Balaban J connectivity index is 0.00000392. The zero-order valence-electron chi connectivity index (χ0n) is 17.7. The predicted molar refractivity (Wildman–Crippen MR) is 128 cm³/mol. The van der Waals surface area contributed by atoms with Crippen molar-refractivity contribution in [1.29, 1.82) is 0 Å². The molecule has 0 bridgehead atoms. The van der Waals surface area contributed by atoms with Gasteiger partial charge in [-0.25, -0.2) is 4.98 Å². The van der Waals surface area contributed by atoms with Crippen LogP contribution in [-0.2, 0) is 11.2 Å². The van der Waals surface area contributed by atoms with Gasteiger partial charge in [0.1, 0.15) is 5.82 Å². The van der Waals surface area contributed by atoms with Crippen LogP contribution >= 0.6 is 35.5 Å². The molecular weight excluding hydrogens is 489 g/mol. The van der Waals surface area contributed by atoms with Crippen LogP contribution in [0.4, 0.5) is 5.13 Å². The van der Waals surface area contributed by atoms with Gasteiger partial charge in [0.05, 0.1) is 6.61 Å². The van der Waals surface area contributed by atoms with E-state index in [0.29, 0.717) is 0 Å². The molecule has 0 aromatic carbocycles. The largest absolute Gasteiger partial charge is 0.383 e. The highest BCUT2D eigenvalue weighted by Crippen LogP contribution is 2.19. The fourth-order valence-electron chi connectivity index (χ4n) is 2.94. The molecule has 2 heterocycles. The highest BCUT2D eigenvalue weighted by atomic mass is 127. The van der Waals surface area contributed by atoms with Gasteiger partial charge in [0.15, 0.2) is 5.96 Å². The van der Waals surface area contributed by atoms with Gasteiger partial charge in [-0.05, 0) is 26.9 Å². The predicted octanol–water partition coefficient (Wildman–Crippen LogP) is 1.77. The Morgan fingerprint density at radius 3 is 2.61 bits per heavy atom. The maximum Gasteiger partial charge on any atom is 0.205 e. The van der Waals surface area contributed by atoms with Gasteiger partial charge in [-0.3, -0.25) is 4.99 Å². The summed E-state index contributed by atoms with van der Waals surface area (Å²) in [7, 11) is 3.87. The van der Waals surface area contributed by atoms with E-state index in [0.717, 1.165) is 88.7 Å². The van der Waals surface area contributed by atoms with Gasteiger partial charge in [-0.15, -0.1) is 24.0 Å². The maximum atomic E-state index is 5.12. The van der Waals surface area contributed by atoms with Crippen LogP contribution in [0, 0.1) is 0 Å². The first-order valence-electron chi connectivity index (χ1n) is 9.96. The summed E-state index contributed by atoms with van der Waals surface area (Å²) in [4.78, 5) is 16.4. The van der Waals surface area contributed by atoms with E-state index in [1.165, 1.54) is 11.5 Å². The van der Waals surface area contributed by atoms with Crippen LogP contribution in [0.5, 0.6) is 0 Å². The first-order chi connectivity index (χ1) is 13.2. The molecule has 1 aromatic heterocycles. The van der Waals surface area contributed by atoms with Crippen LogP contribution in [0.3, 0.4) is 0 Å². The Bertz CT molecular complexity index is 564. The molecule has 2 rings (SSSR count). The van der Waals surface area contributed by atoms with Gasteiger partial charge >= 0.3 is 0 Å². The van der Waals surface area contributed by atoms with Crippen molar-refractivity contribution in [2.75, 3.05) is 78.0 Å². The monoisotopic (exact) mass is 525 g/mol. The molecule has 0 atom stereocenters. The molecule has 0 spiro atoms. The van der Waals surface area contributed by atoms with Crippen molar-refractivity contribution in [3.05, 3.63) is 5.82 Å². The van der Waals surface area contributed by atoms with Crippen LogP contribution in [0.2, 0.25) is 0 Å². The summed E-state index contributed by atoms with van der Waals surface area (Å²) < 4.78 is 9.52. The van der Waals surface area contributed by atoms with Crippen LogP contribution < -0.4 is 10.2 Å². The number of nitrogens with zero attached hydrogens (tertiary/aromatic N) is 6. The van der Waals surface area contributed by atoms with Crippen molar-refractivity contribution in [3.63, 3.8) is 0 Å². The fraction of sp³-hybridized carbons (Fsp3) is 0.833. The highest BCUT2D eigenvalue weighted by molar-refractivity contribution is 14.0. The molecule has 1 fully saturated rings. The summed E-state index contributed by atoms with van der Waals surface area (Å²) in [6.45, 7) is 12.6. The molecule has 0 aliphatic carbocycles. The molecule has 0 amide bonds. The minimum Gasteiger partial charge on any atom is -0.383 e. The van der Waals surface area contributed by atoms with Crippen molar-refractivity contribution in [3.8, 4) is 0 Å². The van der Waals surface area contributed by atoms with E-state index in [2.05, 4.69) is 50.3 Å². The first-order valence-corrected chi connectivity index (χ1v) is 10.7. The average molecular weight is 526 g/mol. The zero-order chi connectivity index (χ0) is 19.5. The number of aryl methyl sites for hydroxylation is 1. The van der Waals surface area contributed by atoms with Crippen LogP contribution in [0.1, 0.15) is 26.1 Å². The standard InChI is InChI=1S/C18H35N7OS.HI/c1-5-16-21-18(27-22-16)25-12-10-24(11-13-25)17(19-6-2)20-8-7-9-23(3)14-15-26-4;/h5-15H2,1-4H3,(H,19,20);1H. The topological polar surface area (TPSA) is 69.1 Å².